The third kappa shape index (κ3) is 3.92. The molecule has 1 aliphatic rings. The van der Waals surface area contributed by atoms with Crippen LogP contribution < -0.4 is 15.0 Å². The standard InChI is InChI=1S/C27H27N5OS/c1-4-33-21-13-11-20(12-14-21)32-26(25(30-27(32)34)23-9-5-7-15-28-23)22-17-18(2)31(19(22)3)24-10-6-8-16-29-24/h5-17,25-26H,4H2,1-3H3,(H,30,34)/t25-,26-/m0/s1. The SMILES string of the molecule is CCOc1ccc(N2C(=S)N[C@@H](c3ccccn3)[C@@H]2c2cc(C)n(-c3ccccn3)c2C)cc1. The maximum absolute atomic E-state index is 5.87. The highest BCUT2D eigenvalue weighted by atomic mass is 32.1. The number of aromatic nitrogens is 3. The van der Waals surface area contributed by atoms with Gasteiger partial charge in [0.15, 0.2) is 5.11 Å². The number of aryl methyl sites for hydroxylation is 1. The maximum atomic E-state index is 5.87. The van der Waals surface area contributed by atoms with Crippen molar-refractivity contribution in [3.05, 3.63) is 102 Å². The number of thiocarbonyl (C=S) groups is 1. The first-order chi connectivity index (χ1) is 16.6. The second-order valence-corrected chi connectivity index (χ2v) is 8.66. The van der Waals surface area contributed by atoms with Gasteiger partial charge in [-0.2, -0.15) is 0 Å². The van der Waals surface area contributed by atoms with E-state index < -0.39 is 0 Å². The van der Waals surface area contributed by atoms with E-state index in [1.165, 1.54) is 5.56 Å². The van der Waals surface area contributed by atoms with Crippen LogP contribution in [0, 0.1) is 13.8 Å². The van der Waals surface area contributed by atoms with Crippen molar-refractivity contribution in [2.45, 2.75) is 32.9 Å². The van der Waals surface area contributed by atoms with Gasteiger partial charge in [0.1, 0.15) is 11.6 Å². The first kappa shape index (κ1) is 22.1. The lowest BCUT2D eigenvalue weighted by Crippen LogP contribution is -2.29. The third-order valence-corrected chi connectivity index (χ3v) is 6.51. The smallest absolute Gasteiger partial charge is 0.174 e. The molecule has 172 valence electrons. The van der Waals surface area contributed by atoms with Gasteiger partial charge in [0, 0.05) is 29.5 Å². The molecule has 2 atom stereocenters. The quantitative estimate of drug-likeness (QED) is 0.379. The topological polar surface area (TPSA) is 55.2 Å². The number of rotatable bonds is 6. The van der Waals surface area contributed by atoms with E-state index in [9.17, 15) is 0 Å². The molecule has 1 saturated heterocycles. The molecule has 1 aliphatic heterocycles. The zero-order valence-electron chi connectivity index (χ0n) is 19.5. The summed E-state index contributed by atoms with van der Waals surface area (Å²) >= 11 is 5.87. The second-order valence-electron chi connectivity index (χ2n) is 8.27. The summed E-state index contributed by atoms with van der Waals surface area (Å²) in [4.78, 5) is 11.4. The molecular weight excluding hydrogens is 442 g/mol. The Morgan fingerprint density at radius 3 is 2.35 bits per heavy atom. The summed E-state index contributed by atoms with van der Waals surface area (Å²) in [6.07, 6.45) is 3.65. The normalized spacial score (nSPS) is 17.6. The molecule has 1 aromatic carbocycles. The number of hydrogen-bond acceptors (Lipinski definition) is 4. The van der Waals surface area contributed by atoms with Crippen LogP contribution in [0.3, 0.4) is 0 Å². The molecule has 0 bridgehead atoms. The first-order valence-corrected chi connectivity index (χ1v) is 11.8. The molecule has 4 aromatic rings. The Hall–Kier alpha value is -3.71. The first-order valence-electron chi connectivity index (χ1n) is 11.4. The van der Waals surface area contributed by atoms with E-state index in [-0.39, 0.29) is 12.1 Å². The lowest BCUT2D eigenvalue weighted by atomic mass is 9.96. The molecule has 1 fully saturated rings. The van der Waals surface area contributed by atoms with Crippen LogP contribution in [0.5, 0.6) is 5.75 Å². The van der Waals surface area contributed by atoms with Crippen molar-refractivity contribution in [3.8, 4) is 11.6 Å². The number of benzene rings is 1. The van der Waals surface area contributed by atoms with Crippen LogP contribution in [0.4, 0.5) is 5.69 Å². The van der Waals surface area contributed by atoms with Crippen molar-refractivity contribution in [1.29, 1.82) is 0 Å². The molecule has 5 rings (SSSR count). The number of nitrogens with zero attached hydrogens (tertiary/aromatic N) is 4. The van der Waals surface area contributed by atoms with Crippen molar-refractivity contribution in [2.24, 2.45) is 0 Å². The summed E-state index contributed by atoms with van der Waals surface area (Å²) in [5.41, 5.74) is 5.39. The lowest BCUT2D eigenvalue weighted by molar-refractivity contribution is 0.340. The van der Waals surface area contributed by atoms with Gasteiger partial charge in [-0.3, -0.25) is 4.98 Å². The van der Waals surface area contributed by atoms with Crippen LogP contribution in [0.2, 0.25) is 0 Å². The molecule has 0 amide bonds. The summed E-state index contributed by atoms with van der Waals surface area (Å²) in [5.74, 6) is 1.75. The van der Waals surface area contributed by atoms with Crippen LogP contribution in [0.1, 0.15) is 41.7 Å². The van der Waals surface area contributed by atoms with Gasteiger partial charge in [0.2, 0.25) is 0 Å². The molecule has 3 aromatic heterocycles. The molecule has 6 nitrogen and oxygen atoms in total. The van der Waals surface area contributed by atoms with Crippen LogP contribution in [0.25, 0.3) is 5.82 Å². The van der Waals surface area contributed by atoms with Crippen molar-refractivity contribution in [3.63, 3.8) is 0 Å². The number of anilines is 1. The van der Waals surface area contributed by atoms with Gasteiger partial charge in [-0.15, -0.1) is 0 Å². The van der Waals surface area contributed by atoms with Crippen LogP contribution in [-0.2, 0) is 0 Å². The maximum Gasteiger partial charge on any atom is 0.174 e. The van der Waals surface area contributed by atoms with Gasteiger partial charge in [-0.1, -0.05) is 12.1 Å². The Bertz CT molecular complexity index is 1290. The summed E-state index contributed by atoms with van der Waals surface area (Å²) in [6.45, 7) is 6.87. The third-order valence-electron chi connectivity index (χ3n) is 6.19. The van der Waals surface area contributed by atoms with Crippen LogP contribution in [-0.4, -0.2) is 26.3 Å². The monoisotopic (exact) mass is 469 g/mol. The van der Waals surface area contributed by atoms with E-state index in [1.54, 1.807) is 0 Å². The van der Waals surface area contributed by atoms with E-state index in [1.807, 2.05) is 67.8 Å². The van der Waals surface area contributed by atoms with Gasteiger partial charge in [-0.05, 0) is 93.1 Å². The fourth-order valence-electron chi connectivity index (χ4n) is 4.74. The number of nitrogens with one attached hydrogen (secondary N) is 1. The Labute approximate surface area is 205 Å². The molecular formula is C27H27N5OS. The fraction of sp³-hybridized carbons (Fsp3) is 0.222. The molecule has 0 spiro atoms. The number of hydrogen-bond donors (Lipinski definition) is 1. The minimum absolute atomic E-state index is 0.0796. The molecule has 0 radical (unpaired) electrons. The van der Waals surface area contributed by atoms with Crippen molar-refractivity contribution in [1.82, 2.24) is 19.9 Å². The van der Waals surface area contributed by atoms with Crippen molar-refractivity contribution in [2.75, 3.05) is 11.5 Å². The fourth-order valence-corrected chi connectivity index (χ4v) is 5.09. The Balaban J connectivity index is 1.64. The average Bonchev–Trinajstić information content (AvgIpc) is 3.36. The Morgan fingerprint density at radius 2 is 1.71 bits per heavy atom. The largest absolute Gasteiger partial charge is 0.494 e. The van der Waals surface area contributed by atoms with Crippen LogP contribution >= 0.6 is 12.2 Å². The predicted molar refractivity (Wildman–Crippen MR) is 139 cm³/mol. The molecule has 1 N–H and O–H groups in total. The Morgan fingerprint density at radius 1 is 0.971 bits per heavy atom. The van der Waals surface area contributed by atoms with Gasteiger partial charge >= 0.3 is 0 Å². The molecule has 0 unspecified atom stereocenters. The summed E-state index contributed by atoms with van der Waals surface area (Å²) < 4.78 is 7.85. The van der Waals surface area contributed by atoms with E-state index in [0.29, 0.717) is 11.7 Å². The Kier molecular flexibility index (Phi) is 6.02. The molecule has 4 heterocycles. The van der Waals surface area contributed by atoms with Crippen LogP contribution in [0.15, 0.2) is 79.1 Å². The van der Waals surface area contributed by atoms with Gasteiger partial charge in [-0.25, -0.2) is 4.98 Å². The molecule has 34 heavy (non-hydrogen) atoms. The summed E-state index contributed by atoms with van der Waals surface area (Å²) in [6, 6.07) is 22.1. The van der Waals surface area contributed by atoms with Crippen molar-refractivity contribution >= 4 is 23.0 Å². The minimum atomic E-state index is -0.0991. The van der Waals surface area contributed by atoms with E-state index in [0.717, 1.165) is 34.3 Å². The van der Waals surface area contributed by atoms with E-state index in [2.05, 4.69) is 56.8 Å². The molecule has 0 aliphatic carbocycles. The molecule has 0 saturated carbocycles. The predicted octanol–water partition coefficient (Wildman–Crippen LogP) is 5.46. The highest BCUT2D eigenvalue weighted by molar-refractivity contribution is 7.80. The van der Waals surface area contributed by atoms with Gasteiger partial charge in [0.25, 0.3) is 0 Å². The molecule has 7 heteroatoms. The van der Waals surface area contributed by atoms with Gasteiger partial charge < -0.3 is 19.5 Å². The lowest BCUT2D eigenvalue weighted by Gasteiger charge is -2.28. The minimum Gasteiger partial charge on any atom is -0.494 e. The van der Waals surface area contributed by atoms with Crippen molar-refractivity contribution < 1.29 is 4.74 Å². The van der Waals surface area contributed by atoms with E-state index >= 15 is 0 Å². The zero-order chi connectivity index (χ0) is 23.7. The number of pyridine rings is 2. The second kappa shape index (κ2) is 9.27. The van der Waals surface area contributed by atoms with E-state index in [4.69, 9.17) is 17.0 Å². The zero-order valence-corrected chi connectivity index (χ0v) is 20.3. The summed E-state index contributed by atoms with van der Waals surface area (Å²) in [7, 11) is 0. The van der Waals surface area contributed by atoms with Gasteiger partial charge in [0.05, 0.1) is 24.4 Å². The number of ether oxygens (including phenoxy) is 1. The summed E-state index contributed by atoms with van der Waals surface area (Å²) in [5, 5.41) is 4.22. The highest BCUT2D eigenvalue weighted by Crippen LogP contribution is 2.43. The average molecular weight is 470 g/mol. The highest BCUT2D eigenvalue weighted by Gasteiger charge is 2.42.